The Bertz CT molecular complexity index is 847. The van der Waals surface area contributed by atoms with Crippen LogP contribution in [-0.2, 0) is 14.3 Å². The molecule has 0 aliphatic rings. The molecule has 2 N–H and O–H groups in total. The van der Waals surface area contributed by atoms with E-state index in [9.17, 15) is 14.4 Å². The van der Waals surface area contributed by atoms with E-state index >= 15 is 0 Å². The first-order valence-corrected chi connectivity index (χ1v) is 13.0. The molecule has 7 nitrogen and oxygen atoms in total. The molecule has 0 aromatic heterocycles. The molecule has 1 aromatic carbocycles. The number of alkyl carbamates (subject to hydrolysis) is 1. The summed E-state index contributed by atoms with van der Waals surface area (Å²) in [6, 6.07) is 4.34. The molecule has 0 aliphatic carbocycles. The second-order valence-electron chi connectivity index (χ2n) is 10.4. The standard InChI is InChI=1S/C28H47N3O4/c1-10-13-16-29-25(32)24(22-15-14-19(4)18-21(22)6)31(17-11-2)26(33)23(20(5)12-3)30-27(34)35-28(7,8)9/h14-15,18,20,23-24H,10-13,16-17H2,1-9H3,(H,29,32)(H,30,34). The van der Waals surface area contributed by atoms with E-state index in [4.69, 9.17) is 4.74 Å². The summed E-state index contributed by atoms with van der Waals surface area (Å²) in [4.78, 5) is 41.8. The Labute approximate surface area is 212 Å². The minimum absolute atomic E-state index is 0.141. The summed E-state index contributed by atoms with van der Waals surface area (Å²) < 4.78 is 5.44. The summed E-state index contributed by atoms with van der Waals surface area (Å²) in [6.45, 7) is 18.2. The highest BCUT2D eigenvalue weighted by molar-refractivity contribution is 5.92. The fourth-order valence-electron chi connectivity index (χ4n) is 3.97. The van der Waals surface area contributed by atoms with Gasteiger partial charge in [-0.05, 0) is 64.5 Å². The second-order valence-corrected chi connectivity index (χ2v) is 10.4. The maximum Gasteiger partial charge on any atom is 0.408 e. The zero-order valence-corrected chi connectivity index (χ0v) is 23.3. The Kier molecular flexibility index (Phi) is 12.3. The number of carbonyl (C=O) groups is 3. The fraction of sp³-hybridized carbons (Fsp3) is 0.679. The lowest BCUT2D eigenvalue weighted by Crippen LogP contribution is -2.55. The van der Waals surface area contributed by atoms with Crippen molar-refractivity contribution in [2.75, 3.05) is 13.1 Å². The van der Waals surface area contributed by atoms with Crippen LogP contribution < -0.4 is 10.6 Å². The predicted octanol–water partition coefficient (Wildman–Crippen LogP) is 5.44. The average Bonchev–Trinajstić information content (AvgIpc) is 2.76. The zero-order chi connectivity index (χ0) is 26.8. The number of ether oxygens (including phenoxy) is 1. The van der Waals surface area contributed by atoms with Crippen molar-refractivity contribution in [1.82, 2.24) is 15.5 Å². The molecule has 1 aromatic rings. The fourth-order valence-corrected chi connectivity index (χ4v) is 3.97. The number of hydrogen-bond donors (Lipinski definition) is 2. The normalized spacial score (nSPS) is 14.0. The Hall–Kier alpha value is -2.57. The van der Waals surface area contributed by atoms with Gasteiger partial charge in [-0.15, -0.1) is 0 Å². The molecule has 198 valence electrons. The molecule has 0 aliphatic heterocycles. The molecular weight excluding hydrogens is 442 g/mol. The van der Waals surface area contributed by atoms with Crippen molar-refractivity contribution in [2.45, 2.75) is 106 Å². The van der Waals surface area contributed by atoms with Gasteiger partial charge >= 0.3 is 6.09 Å². The van der Waals surface area contributed by atoms with E-state index in [1.807, 2.05) is 52.8 Å². The van der Waals surface area contributed by atoms with Crippen molar-refractivity contribution >= 4 is 17.9 Å². The largest absolute Gasteiger partial charge is 0.444 e. The van der Waals surface area contributed by atoms with Gasteiger partial charge in [0.05, 0.1) is 0 Å². The van der Waals surface area contributed by atoms with Crippen LogP contribution in [0.5, 0.6) is 0 Å². The van der Waals surface area contributed by atoms with Crippen LogP contribution in [0.4, 0.5) is 4.79 Å². The lowest BCUT2D eigenvalue weighted by molar-refractivity contribution is -0.143. The number of aryl methyl sites for hydroxylation is 2. The molecule has 0 saturated carbocycles. The van der Waals surface area contributed by atoms with Gasteiger partial charge in [0.1, 0.15) is 17.7 Å². The molecule has 0 radical (unpaired) electrons. The number of nitrogens with one attached hydrogen (secondary N) is 2. The topological polar surface area (TPSA) is 87.7 Å². The lowest BCUT2D eigenvalue weighted by Gasteiger charge is -2.36. The van der Waals surface area contributed by atoms with Gasteiger partial charge in [0.15, 0.2) is 0 Å². The second kappa shape index (κ2) is 14.1. The molecule has 3 atom stereocenters. The zero-order valence-electron chi connectivity index (χ0n) is 23.3. The van der Waals surface area contributed by atoms with Crippen LogP contribution in [0.2, 0.25) is 0 Å². The van der Waals surface area contributed by atoms with Gasteiger partial charge in [0, 0.05) is 13.1 Å². The van der Waals surface area contributed by atoms with Crippen molar-refractivity contribution in [3.63, 3.8) is 0 Å². The summed E-state index contributed by atoms with van der Waals surface area (Å²) in [6.07, 6.45) is 2.55. The molecule has 35 heavy (non-hydrogen) atoms. The first kappa shape index (κ1) is 30.5. The molecule has 0 spiro atoms. The highest BCUT2D eigenvalue weighted by atomic mass is 16.6. The summed E-state index contributed by atoms with van der Waals surface area (Å²) in [5.41, 5.74) is 2.16. The van der Waals surface area contributed by atoms with Crippen molar-refractivity contribution in [2.24, 2.45) is 5.92 Å². The number of unbranched alkanes of at least 4 members (excludes halogenated alkanes) is 1. The third-order valence-electron chi connectivity index (χ3n) is 6.01. The van der Waals surface area contributed by atoms with Crippen molar-refractivity contribution in [3.8, 4) is 0 Å². The van der Waals surface area contributed by atoms with Gasteiger partial charge < -0.3 is 20.3 Å². The Balaban J connectivity index is 3.47. The van der Waals surface area contributed by atoms with Gasteiger partial charge in [0.2, 0.25) is 11.8 Å². The number of amides is 3. The Morgan fingerprint density at radius 3 is 2.23 bits per heavy atom. The first-order valence-electron chi connectivity index (χ1n) is 13.0. The number of hydrogen-bond acceptors (Lipinski definition) is 4. The molecule has 0 bridgehead atoms. The van der Waals surface area contributed by atoms with Crippen LogP contribution in [0.3, 0.4) is 0 Å². The summed E-state index contributed by atoms with van der Waals surface area (Å²) in [7, 11) is 0. The average molecular weight is 490 g/mol. The third-order valence-corrected chi connectivity index (χ3v) is 6.01. The van der Waals surface area contributed by atoms with Gasteiger partial charge in [0.25, 0.3) is 0 Å². The SMILES string of the molecule is CCCCNC(=O)C(c1ccc(C)cc1C)N(CCC)C(=O)C(NC(=O)OC(C)(C)C)C(C)CC. The minimum atomic E-state index is -0.807. The number of carbonyl (C=O) groups excluding carboxylic acids is 3. The molecule has 3 amide bonds. The van der Waals surface area contributed by atoms with Crippen molar-refractivity contribution in [1.29, 1.82) is 0 Å². The van der Waals surface area contributed by atoms with E-state index < -0.39 is 23.8 Å². The highest BCUT2D eigenvalue weighted by Gasteiger charge is 2.38. The molecule has 7 heteroatoms. The van der Waals surface area contributed by atoms with Crippen molar-refractivity contribution < 1.29 is 19.1 Å². The van der Waals surface area contributed by atoms with Gasteiger partial charge in [-0.1, -0.05) is 64.3 Å². The highest BCUT2D eigenvalue weighted by Crippen LogP contribution is 2.28. The Morgan fingerprint density at radius 1 is 1.06 bits per heavy atom. The first-order chi connectivity index (χ1) is 16.4. The van der Waals surface area contributed by atoms with Gasteiger partial charge in [-0.3, -0.25) is 9.59 Å². The summed E-state index contributed by atoms with van der Waals surface area (Å²) in [5.74, 6) is -0.618. The van der Waals surface area contributed by atoms with Crippen molar-refractivity contribution in [3.05, 3.63) is 34.9 Å². The van der Waals surface area contributed by atoms with Gasteiger partial charge in [-0.25, -0.2) is 4.79 Å². The van der Waals surface area contributed by atoms with Crippen LogP contribution >= 0.6 is 0 Å². The molecule has 0 heterocycles. The van der Waals surface area contributed by atoms with Crippen LogP contribution in [-0.4, -0.2) is 47.5 Å². The lowest BCUT2D eigenvalue weighted by atomic mass is 9.93. The number of benzene rings is 1. The quantitative estimate of drug-likeness (QED) is 0.383. The monoisotopic (exact) mass is 489 g/mol. The maximum absolute atomic E-state index is 14.0. The molecule has 0 fully saturated rings. The Morgan fingerprint density at radius 2 is 1.71 bits per heavy atom. The van der Waals surface area contributed by atoms with Gasteiger partial charge in [-0.2, -0.15) is 0 Å². The van der Waals surface area contributed by atoms with E-state index in [0.717, 1.165) is 29.5 Å². The minimum Gasteiger partial charge on any atom is -0.444 e. The van der Waals surface area contributed by atoms with Crippen LogP contribution in [0, 0.1) is 19.8 Å². The number of rotatable bonds is 12. The number of nitrogens with zero attached hydrogens (tertiary/aromatic N) is 1. The smallest absolute Gasteiger partial charge is 0.408 e. The van der Waals surface area contributed by atoms with E-state index in [0.29, 0.717) is 25.9 Å². The van der Waals surface area contributed by atoms with E-state index in [1.165, 1.54) is 0 Å². The summed E-state index contributed by atoms with van der Waals surface area (Å²) >= 11 is 0. The summed E-state index contributed by atoms with van der Waals surface area (Å²) in [5, 5.41) is 5.83. The molecule has 0 saturated heterocycles. The van der Waals surface area contributed by atoms with E-state index in [1.54, 1.807) is 25.7 Å². The molecule has 3 unspecified atom stereocenters. The van der Waals surface area contributed by atoms with Crippen LogP contribution in [0.1, 0.15) is 96.9 Å². The maximum atomic E-state index is 14.0. The predicted molar refractivity (Wildman–Crippen MR) is 141 cm³/mol. The molecule has 1 rings (SSSR count). The van der Waals surface area contributed by atoms with Crippen LogP contribution in [0.15, 0.2) is 18.2 Å². The molecular formula is C28H47N3O4. The van der Waals surface area contributed by atoms with E-state index in [-0.39, 0.29) is 17.7 Å². The van der Waals surface area contributed by atoms with E-state index in [2.05, 4.69) is 17.6 Å². The van der Waals surface area contributed by atoms with Crippen LogP contribution in [0.25, 0.3) is 0 Å². The third kappa shape index (κ3) is 9.54.